The predicted molar refractivity (Wildman–Crippen MR) is 512 cm³/mol. The molecule has 8 aromatic heterocycles. The summed E-state index contributed by atoms with van der Waals surface area (Å²) in [6.07, 6.45) is 24.0. The van der Waals surface area contributed by atoms with E-state index in [-0.39, 0.29) is 18.1 Å². The van der Waals surface area contributed by atoms with Crippen molar-refractivity contribution in [3.63, 3.8) is 0 Å². The summed E-state index contributed by atoms with van der Waals surface area (Å²) in [5.41, 5.74) is 44.5. The Morgan fingerprint density at radius 2 is 0.612 bits per heavy atom. The number of nitrogens with zero attached hydrogens (tertiary/aromatic N) is 11. The number of carboxylic acid groups (broad SMARTS) is 1. The number of nitrogens with one attached hydrogen (secondary N) is 5. The molecule has 8 atom stereocenters. The number of carbonyl (C=O) groups excluding carboxylic acids is 7. The lowest BCUT2D eigenvalue weighted by Gasteiger charge is -2.38. The van der Waals surface area contributed by atoms with E-state index in [4.69, 9.17) is 28.0 Å². The zero-order valence-electron chi connectivity index (χ0n) is 73.5. The van der Waals surface area contributed by atoms with E-state index in [0.29, 0.717) is 115 Å². The van der Waals surface area contributed by atoms with Crippen molar-refractivity contribution in [3.05, 3.63) is 237 Å². The van der Waals surface area contributed by atoms with Crippen LogP contribution in [0.5, 0.6) is 0 Å². The molecular weight excluding hydrogens is 1710 g/mol. The molecule has 0 saturated carbocycles. The number of thiazole rings is 4. The molecule has 672 valence electrons. The number of aliphatic carboxylic acids is 1. The summed E-state index contributed by atoms with van der Waals surface area (Å²) in [6.45, 7) is 19.2. The topological polar surface area (TPSA) is 434 Å². The number of pyridine rings is 4. The number of hydrogen-bond acceptors (Lipinski definition) is 25. The first-order valence-corrected chi connectivity index (χ1v) is 46.8. The lowest BCUT2D eigenvalue weighted by Crippen LogP contribution is -2.46. The van der Waals surface area contributed by atoms with Gasteiger partial charge in [-0.05, 0) is 198 Å². The van der Waals surface area contributed by atoms with Crippen LogP contribution in [0.15, 0.2) is 193 Å². The van der Waals surface area contributed by atoms with Gasteiger partial charge in [0, 0.05) is 50.5 Å². The normalized spacial score (nSPS) is 18.2. The summed E-state index contributed by atoms with van der Waals surface area (Å²) in [5.74, 6) is -2.66. The molecule has 4 saturated heterocycles. The SMILES string of the molecule is CC1CCC(c2ccc(-c3cncs3)cc2)NC1.CCc1cc(NC(=O)C(=O)N2CC(C)CCC2c2ccc(-c3cncs3)cc2)cnc1N.CCc1cc(NC(=O)C(=O)N2C[C@@H](C)CC[C@@H]2c2ccc(-c3cncs3)cc2)cnc1N.CCc1cc(NC(=O)C(=O)N2C[C@H](C)CC[C@H]2c2ccc(-c3cncs3)cc2)cnc1N.CCc1cc(NC(=O)C(=O)O)cnc1N. The maximum Gasteiger partial charge on any atom is 0.394 e. The van der Waals surface area contributed by atoms with E-state index >= 15 is 0 Å². The summed E-state index contributed by atoms with van der Waals surface area (Å²) in [7, 11) is 0. The first kappa shape index (κ1) is 95.0. The fourth-order valence-corrected chi connectivity index (χ4v) is 18.5. The Hall–Kier alpha value is -13.1. The highest BCUT2D eigenvalue weighted by atomic mass is 32.1. The molecule has 0 spiro atoms. The number of nitrogens with two attached hydrogens (primary N) is 4. The number of carbonyl (C=O) groups is 8. The third-order valence-corrected chi connectivity index (χ3v) is 26.6. The largest absolute Gasteiger partial charge is 0.474 e. The monoisotopic (exact) mass is 1810 g/mol. The van der Waals surface area contributed by atoms with Gasteiger partial charge in [0.1, 0.15) is 23.3 Å². The molecule has 4 aliphatic heterocycles. The van der Waals surface area contributed by atoms with E-state index in [0.717, 1.165) is 121 Å². The minimum absolute atomic E-state index is 0.129. The van der Waals surface area contributed by atoms with Gasteiger partial charge in [-0.3, -0.25) is 53.5 Å². The van der Waals surface area contributed by atoms with E-state index in [9.17, 15) is 38.4 Å². The maximum absolute atomic E-state index is 13.2. The number of anilines is 8. The van der Waals surface area contributed by atoms with E-state index < -0.39 is 47.3 Å². The molecule has 4 aromatic carbocycles. The van der Waals surface area contributed by atoms with Gasteiger partial charge >= 0.3 is 47.3 Å². The average Bonchev–Trinajstić information content (AvgIpc) is 1.58. The fourth-order valence-electron chi connectivity index (χ4n) is 16.0. The molecule has 4 unspecified atom stereocenters. The Labute approximate surface area is 766 Å². The van der Waals surface area contributed by atoms with Crippen molar-refractivity contribution >= 4 is 139 Å². The molecule has 4 aliphatic rings. The van der Waals surface area contributed by atoms with Crippen LogP contribution < -0.4 is 49.5 Å². The number of amides is 7. The van der Waals surface area contributed by atoms with Crippen molar-refractivity contribution in [3.8, 4) is 41.8 Å². The highest BCUT2D eigenvalue weighted by molar-refractivity contribution is 7.14. The van der Waals surface area contributed by atoms with Crippen LogP contribution in [0.1, 0.15) is 175 Å². The van der Waals surface area contributed by atoms with Gasteiger partial charge in [0.2, 0.25) is 0 Å². The zero-order valence-corrected chi connectivity index (χ0v) is 76.7. The fraction of sp³-hybridized carbons (Fsp3) is 0.333. The molecule has 16 rings (SSSR count). The summed E-state index contributed by atoms with van der Waals surface area (Å²) < 4.78 is 0. The van der Waals surface area contributed by atoms with E-state index in [1.807, 2.05) is 111 Å². The third kappa shape index (κ3) is 25.5. The van der Waals surface area contributed by atoms with Crippen LogP contribution in [0.25, 0.3) is 41.8 Å². The Morgan fingerprint density at radius 1 is 0.357 bits per heavy atom. The molecular formula is C96H110N20O9S4. The number of benzene rings is 4. The molecule has 29 nitrogen and oxygen atoms in total. The van der Waals surface area contributed by atoms with Crippen LogP contribution in [0.3, 0.4) is 0 Å². The molecule has 33 heteroatoms. The van der Waals surface area contributed by atoms with Gasteiger partial charge in [0.25, 0.3) is 0 Å². The van der Waals surface area contributed by atoms with Crippen LogP contribution in [-0.4, -0.2) is 133 Å². The minimum atomic E-state index is -1.54. The standard InChI is InChI=1S/3C24H27N5O2S.C15H18N2S.C9H11N3O3/c3*1-3-16-10-19(11-27-22(16)25)28-23(30)24(31)29-13-15(2)4-9-20(29)17-5-7-18(8-6-17)21-12-26-14-32-21;1-11-2-7-14(17-8-11)12-3-5-13(6-4-12)15-9-16-10-18-15;1-2-5-3-6(4-11-7(5)10)12-8(13)9(14)15/h3*5-8,10-12,14-15,20H,3-4,9,13H2,1-2H3,(H2,25,27)(H,28,30);3-6,9-11,14,17H,2,7-8H2,1H3;3-4H,2H2,1H3,(H2,10,11)(H,12,13)(H,14,15)/t2*15-,20+;;;/m10.../s1. The van der Waals surface area contributed by atoms with Crippen molar-refractivity contribution in [2.45, 2.75) is 157 Å². The highest BCUT2D eigenvalue weighted by Crippen LogP contribution is 2.40. The second-order valence-electron chi connectivity index (χ2n) is 32.7. The van der Waals surface area contributed by atoms with E-state index in [1.54, 1.807) is 84.3 Å². The maximum atomic E-state index is 13.2. The molecule has 4 fully saturated rings. The van der Waals surface area contributed by atoms with Crippen molar-refractivity contribution < 1.29 is 43.5 Å². The molecule has 14 N–H and O–H groups in total. The number of carboxylic acids is 1. The number of likely N-dealkylation sites (tertiary alicyclic amines) is 3. The minimum Gasteiger partial charge on any atom is -0.474 e. The second kappa shape index (κ2) is 45.6. The Morgan fingerprint density at radius 3 is 0.845 bits per heavy atom. The van der Waals surface area contributed by atoms with Crippen molar-refractivity contribution in [1.29, 1.82) is 0 Å². The summed E-state index contributed by atoms with van der Waals surface area (Å²) in [6, 6.07) is 40.6. The molecule has 12 aromatic rings. The third-order valence-electron chi connectivity index (χ3n) is 23.3. The quantitative estimate of drug-likeness (QED) is 0.0402. The lowest BCUT2D eigenvalue weighted by atomic mass is 9.89. The molecule has 0 bridgehead atoms. The second-order valence-corrected chi connectivity index (χ2v) is 36.2. The van der Waals surface area contributed by atoms with Gasteiger partial charge in [-0.2, -0.15) is 0 Å². The van der Waals surface area contributed by atoms with Gasteiger partial charge in [-0.1, -0.05) is 152 Å². The van der Waals surface area contributed by atoms with Crippen LogP contribution in [0.4, 0.5) is 46.0 Å². The smallest absolute Gasteiger partial charge is 0.394 e. The first-order valence-electron chi connectivity index (χ1n) is 43.3. The summed E-state index contributed by atoms with van der Waals surface area (Å²) >= 11 is 6.46. The van der Waals surface area contributed by atoms with Crippen LogP contribution in [0, 0.1) is 23.7 Å². The van der Waals surface area contributed by atoms with E-state index in [2.05, 4.69) is 155 Å². The van der Waals surface area contributed by atoms with Crippen LogP contribution in [-0.2, 0) is 64.0 Å². The molecule has 7 amide bonds. The van der Waals surface area contributed by atoms with Gasteiger partial charge in [-0.25, -0.2) is 24.7 Å². The van der Waals surface area contributed by atoms with Gasteiger partial charge in [-0.15, -0.1) is 45.3 Å². The molecule has 0 aliphatic carbocycles. The van der Waals surface area contributed by atoms with Crippen molar-refractivity contribution in [2.24, 2.45) is 23.7 Å². The van der Waals surface area contributed by atoms with Gasteiger partial charge < -0.3 is 69.3 Å². The van der Waals surface area contributed by atoms with Crippen LogP contribution >= 0.6 is 45.3 Å². The Kier molecular flexibility index (Phi) is 33.6. The van der Waals surface area contributed by atoms with E-state index in [1.165, 1.54) is 53.6 Å². The molecule has 129 heavy (non-hydrogen) atoms. The van der Waals surface area contributed by atoms with Gasteiger partial charge in [0.05, 0.1) is 107 Å². The van der Waals surface area contributed by atoms with Crippen LogP contribution in [0.2, 0.25) is 0 Å². The summed E-state index contributed by atoms with van der Waals surface area (Å²) in [5, 5.41) is 22.3. The number of aromatic nitrogens is 8. The predicted octanol–water partition coefficient (Wildman–Crippen LogP) is 17.0. The Bertz CT molecular complexity index is 5350. The zero-order chi connectivity index (χ0) is 91.8. The number of nitrogen functional groups attached to an aromatic ring is 4. The lowest BCUT2D eigenvalue weighted by molar-refractivity contribution is -0.147. The number of rotatable bonds is 16. The molecule has 12 heterocycles. The Balaban J connectivity index is 0.000000150. The summed E-state index contributed by atoms with van der Waals surface area (Å²) in [4.78, 5) is 141. The van der Waals surface area contributed by atoms with Crippen molar-refractivity contribution in [1.82, 2.24) is 59.9 Å². The number of aryl methyl sites for hydroxylation is 4. The average molecular weight is 1820 g/mol. The van der Waals surface area contributed by atoms with Gasteiger partial charge in [0.15, 0.2) is 0 Å². The van der Waals surface area contributed by atoms with Crippen molar-refractivity contribution in [2.75, 3.05) is 70.4 Å². The number of piperidine rings is 4. The molecule has 0 radical (unpaired) electrons. The number of hydrogen-bond donors (Lipinski definition) is 10. The first-order chi connectivity index (χ1) is 62.2. The highest BCUT2D eigenvalue weighted by Gasteiger charge is 2.38.